The summed E-state index contributed by atoms with van der Waals surface area (Å²) in [5.41, 5.74) is 6.14. The van der Waals surface area contributed by atoms with E-state index in [4.69, 9.17) is 0 Å². The highest BCUT2D eigenvalue weighted by atomic mass is 16.3. The van der Waals surface area contributed by atoms with Crippen molar-refractivity contribution in [3.8, 4) is 0 Å². The molecule has 0 aliphatic carbocycles. The van der Waals surface area contributed by atoms with Crippen molar-refractivity contribution in [3.05, 3.63) is 77.1 Å². The van der Waals surface area contributed by atoms with Crippen LogP contribution in [0.15, 0.2) is 60.4 Å². The van der Waals surface area contributed by atoms with Crippen LogP contribution in [0.3, 0.4) is 0 Å². The van der Waals surface area contributed by atoms with Gasteiger partial charge in [-0.05, 0) is 49.5 Å². The molecule has 1 unspecified atom stereocenters. The van der Waals surface area contributed by atoms with Crippen molar-refractivity contribution in [1.82, 2.24) is 9.47 Å². The van der Waals surface area contributed by atoms with Crippen LogP contribution >= 0.6 is 0 Å². The molecular formula is C24H26N2O. The van der Waals surface area contributed by atoms with Gasteiger partial charge >= 0.3 is 0 Å². The fraction of sp³-hybridized carbons (Fsp3) is 0.333. The fourth-order valence-electron chi connectivity index (χ4n) is 4.70. The van der Waals surface area contributed by atoms with Gasteiger partial charge < -0.3 is 14.6 Å². The second kappa shape index (κ2) is 6.58. The van der Waals surface area contributed by atoms with E-state index in [1.54, 1.807) is 0 Å². The molecule has 3 nitrogen and oxygen atoms in total. The monoisotopic (exact) mass is 358 g/mol. The minimum Gasteiger partial charge on any atom is -0.387 e. The van der Waals surface area contributed by atoms with Gasteiger partial charge in [-0.25, -0.2) is 0 Å². The lowest BCUT2D eigenvalue weighted by atomic mass is 9.83. The SMILES string of the molecule is Cc1ccc2c(c1)c(/C=C1/C(O)C3CCN1CC3)cn2Cc1ccccc1. The number of piperidine rings is 3. The van der Waals surface area contributed by atoms with E-state index >= 15 is 0 Å². The first kappa shape index (κ1) is 16.6. The minimum absolute atomic E-state index is 0.315. The van der Waals surface area contributed by atoms with Gasteiger partial charge in [-0.3, -0.25) is 0 Å². The number of benzene rings is 2. The van der Waals surface area contributed by atoms with E-state index in [9.17, 15) is 5.11 Å². The van der Waals surface area contributed by atoms with E-state index in [-0.39, 0.29) is 6.10 Å². The maximum atomic E-state index is 10.8. The standard InChI is InChI=1S/C24H26N2O/c1-17-7-8-22-21(13-17)20(16-26(22)15-18-5-3-2-4-6-18)14-23-24(27)19-9-11-25(23)12-10-19/h2-8,13-14,16,19,24,27H,9-12,15H2,1H3/b23-14-. The summed E-state index contributed by atoms with van der Waals surface area (Å²) in [7, 11) is 0. The van der Waals surface area contributed by atoms with Crippen molar-refractivity contribution in [2.45, 2.75) is 32.4 Å². The van der Waals surface area contributed by atoms with Gasteiger partial charge in [0.05, 0.1) is 6.10 Å². The van der Waals surface area contributed by atoms with Crippen LogP contribution in [-0.4, -0.2) is 33.8 Å². The molecule has 2 aromatic carbocycles. The third kappa shape index (κ3) is 2.96. The molecule has 3 aromatic rings. The van der Waals surface area contributed by atoms with Crippen LogP contribution in [0.2, 0.25) is 0 Å². The van der Waals surface area contributed by atoms with Crippen molar-refractivity contribution in [2.24, 2.45) is 5.92 Å². The average molecular weight is 358 g/mol. The molecule has 3 heteroatoms. The maximum Gasteiger partial charge on any atom is 0.0965 e. The number of hydrogen-bond acceptors (Lipinski definition) is 2. The van der Waals surface area contributed by atoms with Gasteiger partial charge in [-0.15, -0.1) is 0 Å². The molecule has 0 saturated carbocycles. The molecule has 1 aromatic heterocycles. The summed E-state index contributed by atoms with van der Waals surface area (Å²) in [6.07, 6.45) is 6.41. The molecule has 138 valence electrons. The van der Waals surface area contributed by atoms with Crippen molar-refractivity contribution >= 4 is 17.0 Å². The normalized spacial score (nSPS) is 23.5. The Kier molecular flexibility index (Phi) is 4.05. The molecule has 4 heterocycles. The van der Waals surface area contributed by atoms with Crippen LogP contribution in [0.25, 0.3) is 17.0 Å². The highest BCUT2D eigenvalue weighted by Gasteiger charge is 2.36. The first-order valence-corrected chi connectivity index (χ1v) is 9.97. The third-order valence-corrected chi connectivity index (χ3v) is 6.22. The summed E-state index contributed by atoms with van der Waals surface area (Å²) < 4.78 is 2.33. The Morgan fingerprint density at radius 2 is 1.85 bits per heavy atom. The van der Waals surface area contributed by atoms with Gasteiger partial charge in [0, 0.05) is 48.0 Å². The topological polar surface area (TPSA) is 28.4 Å². The van der Waals surface area contributed by atoms with E-state index in [0.29, 0.717) is 5.92 Å². The Hall–Kier alpha value is -2.52. The molecule has 0 radical (unpaired) electrons. The number of aromatic nitrogens is 1. The molecule has 0 amide bonds. The summed E-state index contributed by atoms with van der Waals surface area (Å²) >= 11 is 0. The first-order chi connectivity index (χ1) is 13.2. The maximum absolute atomic E-state index is 10.8. The minimum atomic E-state index is -0.315. The Labute approximate surface area is 160 Å². The van der Waals surface area contributed by atoms with Crippen molar-refractivity contribution < 1.29 is 5.11 Å². The van der Waals surface area contributed by atoms with Gasteiger partial charge in [0.1, 0.15) is 0 Å². The van der Waals surface area contributed by atoms with E-state index in [0.717, 1.165) is 38.2 Å². The fourth-order valence-corrected chi connectivity index (χ4v) is 4.70. The number of fused-ring (bicyclic) bond motifs is 4. The van der Waals surface area contributed by atoms with Crippen LogP contribution in [-0.2, 0) is 6.54 Å². The third-order valence-electron chi connectivity index (χ3n) is 6.22. The summed E-state index contributed by atoms with van der Waals surface area (Å²) in [4.78, 5) is 2.38. The Morgan fingerprint density at radius 3 is 2.59 bits per heavy atom. The van der Waals surface area contributed by atoms with Crippen molar-refractivity contribution in [2.75, 3.05) is 13.1 Å². The van der Waals surface area contributed by atoms with Gasteiger partial charge in [-0.1, -0.05) is 42.0 Å². The molecule has 27 heavy (non-hydrogen) atoms. The smallest absolute Gasteiger partial charge is 0.0965 e. The van der Waals surface area contributed by atoms with Crippen LogP contribution in [0, 0.1) is 12.8 Å². The second-order valence-corrected chi connectivity index (χ2v) is 8.06. The first-order valence-electron chi connectivity index (χ1n) is 9.97. The Bertz CT molecular complexity index is 990. The number of nitrogens with zero attached hydrogens (tertiary/aromatic N) is 2. The van der Waals surface area contributed by atoms with Crippen molar-refractivity contribution in [1.29, 1.82) is 0 Å². The summed E-state index contributed by atoms with van der Waals surface area (Å²) in [6, 6.07) is 17.3. The molecule has 1 atom stereocenters. The van der Waals surface area contributed by atoms with E-state index in [2.05, 4.69) is 77.2 Å². The lowest BCUT2D eigenvalue weighted by Gasteiger charge is -2.45. The molecule has 2 bridgehead atoms. The predicted octanol–water partition coefficient (Wildman–Crippen LogP) is 4.43. The Balaban J connectivity index is 1.60. The molecule has 3 aliphatic rings. The molecule has 3 saturated heterocycles. The summed E-state index contributed by atoms with van der Waals surface area (Å²) in [5, 5.41) is 12.0. The largest absolute Gasteiger partial charge is 0.387 e. The lowest BCUT2D eigenvalue weighted by Crippen LogP contribution is -2.48. The van der Waals surface area contributed by atoms with Gasteiger partial charge in [-0.2, -0.15) is 0 Å². The molecular weight excluding hydrogens is 332 g/mol. The quantitative estimate of drug-likeness (QED) is 0.750. The van der Waals surface area contributed by atoms with Crippen LogP contribution in [0.1, 0.15) is 29.5 Å². The van der Waals surface area contributed by atoms with Gasteiger partial charge in [0.25, 0.3) is 0 Å². The molecule has 3 aliphatic heterocycles. The summed E-state index contributed by atoms with van der Waals surface area (Å²) in [6.45, 7) is 5.16. The Morgan fingerprint density at radius 1 is 1.07 bits per heavy atom. The van der Waals surface area contributed by atoms with Crippen LogP contribution in [0.5, 0.6) is 0 Å². The molecule has 3 fully saturated rings. The zero-order valence-electron chi connectivity index (χ0n) is 15.8. The van der Waals surface area contributed by atoms with E-state index in [1.165, 1.54) is 27.6 Å². The van der Waals surface area contributed by atoms with E-state index < -0.39 is 0 Å². The second-order valence-electron chi connectivity index (χ2n) is 8.06. The molecule has 0 spiro atoms. The number of aliphatic hydroxyl groups excluding tert-OH is 1. The number of hydrogen-bond donors (Lipinski definition) is 1. The summed E-state index contributed by atoms with van der Waals surface area (Å²) in [5.74, 6) is 0.431. The number of aryl methyl sites for hydroxylation is 1. The zero-order chi connectivity index (χ0) is 18.4. The number of rotatable bonds is 3. The van der Waals surface area contributed by atoms with Crippen LogP contribution in [0.4, 0.5) is 0 Å². The van der Waals surface area contributed by atoms with Crippen molar-refractivity contribution in [3.63, 3.8) is 0 Å². The zero-order valence-corrected chi connectivity index (χ0v) is 15.8. The van der Waals surface area contributed by atoms with E-state index in [1.807, 2.05) is 0 Å². The van der Waals surface area contributed by atoms with Gasteiger partial charge in [0.15, 0.2) is 0 Å². The highest BCUT2D eigenvalue weighted by Crippen LogP contribution is 2.37. The molecule has 6 rings (SSSR count). The molecule has 1 N–H and O–H groups in total. The highest BCUT2D eigenvalue weighted by molar-refractivity contribution is 5.90. The lowest BCUT2D eigenvalue weighted by molar-refractivity contribution is 0.0215. The predicted molar refractivity (Wildman–Crippen MR) is 110 cm³/mol. The van der Waals surface area contributed by atoms with Gasteiger partial charge in [0.2, 0.25) is 0 Å². The van der Waals surface area contributed by atoms with Crippen LogP contribution < -0.4 is 0 Å². The average Bonchev–Trinajstić information content (AvgIpc) is 3.02. The number of aliphatic hydroxyl groups is 1.